The number of nitrogens with zero attached hydrogens (tertiary/aromatic N) is 5. The molecule has 0 atom stereocenters. The number of aromatic nitrogens is 4. The summed E-state index contributed by atoms with van der Waals surface area (Å²) in [6.07, 6.45) is 0. The normalized spacial score (nSPS) is 12.9. The van der Waals surface area contributed by atoms with Crippen molar-refractivity contribution in [3.8, 4) is 68.2 Å². The molecule has 58 heavy (non-hydrogen) atoms. The molecule has 0 fully saturated rings. The van der Waals surface area contributed by atoms with Gasteiger partial charge in [0.2, 0.25) is 5.95 Å². The molecule has 2 aliphatic rings. The minimum Gasteiger partial charge on any atom is -0.278 e. The summed E-state index contributed by atoms with van der Waals surface area (Å²) < 4.78 is 2.22. The maximum absolute atomic E-state index is 9.38. The average molecular weight is 738 g/mol. The second-order valence-corrected chi connectivity index (χ2v) is 15.1. The predicted molar refractivity (Wildman–Crippen MR) is 231 cm³/mol. The number of hydrogen-bond acceptors (Lipinski definition) is 4. The van der Waals surface area contributed by atoms with E-state index in [1.54, 1.807) is 0 Å². The fourth-order valence-electron chi connectivity index (χ4n) is 9.65. The van der Waals surface area contributed by atoms with Crippen molar-refractivity contribution in [2.24, 2.45) is 0 Å². The first-order valence-corrected chi connectivity index (χ1v) is 19.5. The highest BCUT2D eigenvalue weighted by atomic mass is 15.2. The van der Waals surface area contributed by atoms with Gasteiger partial charge in [0.25, 0.3) is 0 Å². The molecule has 0 aliphatic heterocycles. The third-order valence-electron chi connectivity index (χ3n) is 12.1. The van der Waals surface area contributed by atoms with Gasteiger partial charge in [0.1, 0.15) is 0 Å². The minimum atomic E-state index is -0.447. The summed E-state index contributed by atoms with van der Waals surface area (Å²) in [5, 5.41) is 11.7. The van der Waals surface area contributed by atoms with E-state index in [4.69, 9.17) is 15.0 Å². The molecule has 0 amide bonds. The summed E-state index contributed by atoms with van der Waals surface area (Å²) in [5.41, 5.74) is 16.3. The summed E-state index contributed by atoms with van der Waals surface area (Å²) in [7, 11) is 0. The van der Waals surface area contributed by atoms with Crippen LogP contribution in [0.15, 0.2) is 188 Å². The Morgan fingerprint density at radius 2 is 0.966 bits per heavy atom. The van der Waals surface area contributed by atoms with Crippen molar-refractivity contribution in [3.63, 3.8) is 0 Å². The van der Waals surface area contributed by atoms with Crippen molar-refractivity contribution >= 4 is 21.8 Å². The van der Waals surface area contributed by atoms with Crippen LogP contribution in [0.1, 0.15) is 27.8 Å². The smallest absolute Gasteiger partial charge is 0.238 e. The second kappa shape index (κ2) is 12.3. The number of rotatable bonds is 4. The molecule has 268 valence electrons. The highest BCUT2D eigenvalue weighted by Crippen LogP contribution is 2.63. The van der Waals surface area contributed by atoms with Gasteiger partial charge in [-0.3, -0.25) is 4.57 Å². The zero-order chi connectivity index (χ0) is 38.4. The van der Waals surface area contributed by atoms with E-state index in [9.17, 15) is 5.26 Å². The van der Waals surface area contributed by atoms with Gasteiger partial charge in [-0.25, -0.2) is 4.98 Å². The number of hydrogen-bond donors (Lipinski definition) is 0. The maximum Gasteiger partial charge on any atom is 0.238 e. The molecule has 2 aromatic heterocycles. The van der Waals surface area contributed by atoms with Crippen LogP contribution in [0, 0.1) is 11.3 Å². The molecule has 0 radical (unpaired) electrons. The Balaban J connectivity index is 1.13. The Hall–Kier alpha value is -7.94. The molecule has 12 rings (SSSR count). The van der Waals surface area contributed by atoms with E-state index in [2.05, 4.69) is 132 Å². The SMILES string of the molecule is N#Cc1ccc(-c2cccc(-c3nc(-c4ccccc4)nc(-n4c5ccccc5c5cc6c(cc54)-c4ccccc4C64c5ccccc5-c5ccccc54)n3)c2)cc1. The Bertz CT molecular complexity index is 3310. The van der Waals surface area contributed by atoms with Gasteiger partial charge in [0, 0.05) is 21.9 Å². The number of benzene rings is 8. The second-order valence-electron chi connectivity index (χ2n) is 15.1. The first kappa shape index (κ1) is 32.3. The highest BCUT2D eigenvalue weighted by Gasteiger charge is 2.51. The number of nitriles is 1. The third-order valence-corrected chi connectivity index (χ3v) is 12.1. The molecule has 5 heteroatoms. The van der Waals surface area contributed by atoms with Crippen LogP contribution < -0.4 is 0 Å². The summed E-state index contributed by atoms with van der Waals surface area (Å²) in [6.45, 7) is 0. The van der Waals surface area contributed by atoms with Crippen LogP contribution in [0.5, 0.6) is 0 Å². The van der Waals surface area contributed by atoms with E-state index >= 15 is 0 Å². The van der Waals surface area contributed by atoms with Crippen LogP contribution in [0.25, 0.3) is 83.9 Å². The molecular weight excluding hydrogens is 707 g/mol. The standard InChI is InChI=1S/C53H31N5/c54-32-33-25-27-34(28-26-33)36-15-12-16-37(29-36)51-55-50(35-13-2-1-3-14-35)56-52(57-51)58-48-24-11-7-20-41(48)43-30-47-42(31-49(43)58)40-19-6-10-23-46(40)53(47)44-21-8-4-17-38(44)39-18-5-9-22-45(39)53/h1-31H. The molecule has 0 N–H and O–H groups in total. The van der Waals surface area contributed by atoms with Crippen LogP contribution in [0.2, 0.25) is 0 Å². The molecule has 2 heterocycles. The van der Waals surface area contributed by atoms with Gasteiger partial charge in [-0.1, -0.05) is 152 Å². The van der Waals surface area contributed by atoms with Gasteiger partial charge in [0.05, 0.1) is 28.1 Å². The van der Waals surface area contributed by atoms with Crippen molar-refractivity contribution in [2.45, 2.75) is 5.41 Å². The van der Waals surface area contributed by atoms with E-state index in [0.29, 0.717) is 23.2 Å². The van der Waals surface area contributed by atoms with Crippen molar-refractivity contribution in [3.05, 3.63) is 216 Å². The van der Waals surface area contributed by atoms with Crippen LogP contribution in [0.3, 0.4) is 0 Å². The lowest BCUT2D eigenvalue weighted by Crippen LogP contribution is -2.25. The molecule has 0 bridgehead atoms. The van der Waals surface area contributed by atoms with Gasteiger partial charge in [-0.2, -0.15) is 15.2 Å². The zero-order valence-corrected chi connectivity index (χ0v) is 31.1. The molecule has 0 saturated heterocycles. The van der Waals surface area contributed by atoms with Crippen molar-refractivity contribution in [1.29, 1.82) is 5.26 Å². The van der Waals surface area contributed by atoms with Crippen LogP contribution in [-0.2, 0) is 5.41 Å². The lowest BCUT2D eigenvalue weighted by molar-refractivity contribution is 0.795. The fourth-order valence-corrected chi connectivity index (χ4v) is 9.65. The van der Waals surface area contributed by atoms with Gasteiger partial charge in [-0.15, -0.1) is 0 Å². The monoisotopic (exact) mass is 737 g/mol. The molecule has 10 aromatic rings. The number of fused-ring (bicyclic) bond motifs is 13. The maximum atomic E-state index is 9.38. The lowest BCUT2D eigenvalue weighted by atomic mass is 9.70. The summed E-state index contributed by atoms with van der Waals surface area (Å²) >= 11 is 0. The summed E-state index contributed by atoms with van der Waals surface area (Å²) in [6, 6.07) is 68.5. The highest BCUT2D eigenvalue weighted by molar-refractivity contribution is 6.12. The first-order valence-electron chi connectivity index (χ1n) is 19.5. The number of para-hydroxylation sites is 1. The van der Waals surface area contributed by atoms with Gasteiger partial charge >= 0.3 is 0 Å². The van der Waals surface area contributed by atoms with Gasteiger partial charge in [0.15, 0.2) is 11.6 Å². The third kappa shape index (κ3) is 4.48. The van der Waals surface area contributed by atoms with Crippen molar-refractivity contribution in [1.82, 2.24) is 19.5 Å². The van der Waals surface area contributed by atoms with Gasteiger partial charge in [-0.05, 0) is 92.0 Å². The molecule has 2 aliphatic carbocycles. The van der Waals surface area contributed by atoms with Crippen LogP contribution in [-0.4, -0.2) is 19.5 Å². The molecule has 8 aromatic carbocycles. The minimum absolute atomic E-state index is 0.447. The van der Waals surface area contributed by atoms with Crippen LogP contribution in [0.4, 0.5) is 0 Å². The largest absolute Gasteiger partial charge is 0.278 e. The summed E-state index contributed by atoms with van der Waals surface area (Å²) in [5.74, 6) is 1.73. The lowest BCUT2D eigenvalue weighted by Gasteiger charge is -2.30. The molecule has 0 unspecified atom stereocenters. The quantitative estimate of drug-likeness (QED) is 0.180. The molecule has 1 spiro atoms. The predicted octanol–water partition coefficient (Wildman–Crippen LogP) is 12.2. The summed E-state index contributed by atoms with van der Waals surface area (Å²) in [4.78, 5) is 15.7. The molecule has 5 nitrogen and oxygen atoms in total. The Morgan fingerprint density at radius 3 is 1.66 bits per heavy atom. The van der Waals surface area contributed by atoms with Crippen molar-refractivity contribution in [2.75, 3.05) is 0 Å². The Morgan fingerprint density at radius 1 is 0.397 bits per heavy atom. The fraction of sp³-hybridized carbons (Fsp3) is 0.0189. The topological polar surface area (TPSA) is 67.4 Å². The van der Waals surface area contributed by atoms with E-state index < -0.39 is 5.41 Å². The Kier molecular flexibility index (Phi) is 6.84. The first-order chi connectivity index (χ1) is 28.7. The van der Waals surface area contributed by atoms with E-state index in [1.807, 2.05) is 66.7 Å². The molecular formula is C53H31N5. The van der Waals surface area contributed by atoms with Crippen molar-refractivity contribution < 1.29 is 0 Å². The van der Waals surface area contributed by atoms with Gasteiger partial charge < -0.3 is 0 Å². The zero-order valence-electron chi connectivity index (χ0n) is 31.1. The average Bonchev–Trinajstić information content (AvgIpc) is 3.90. The molecule has 0 saturated carbocycles. The van der Waals surface area contributed by atoms with E-state index in [-0.39, 0.29) is 0 Å². The van der Waals surface area contributed by atoms with E-state index in [1.165, 1.54) is 44.5 Å². The Labute approximate surface area is 334 Å². The van der Waals surface area contributed by atoms with Crippen LogP contribution >= 0.6 is 0 Å². The van der Waals surface area contributed by atoms with E-state index in [0.717, 1.165) is 44.1 Å².